The van der Waals surface area contributed by atoms with E-state index in [1.807, 2.05) is 60.7 Å². The Kier molecular flexibility index (Phi) is 8.67. The lowest BCUT2D eigenvalue weighted by molar-refractivity contribution is -0.131. The molecule has 0 radical (unpaired) electrons. The number of hydrazone groups is 1. The molecular weight excluding hydrogens is 496 g/mol. The Bertz CT molecular complexity index is 1090. The van der Waals surface area contributed by atoms with Crippen molar-refractivity contribution in [2.45, 2.75) is 12.7 Å². The van der Waals surface area contributed by atoms with Gasteiger partial charge in [-0.2, -0.15) is 5.10 Å². The second-order valence-electron chi connectivity index (χ2n) is 6.67. The fourth-order valence-electron chi connectivity index (χ4n) is 2.97. The van der Waals surface area contributed by atoms with Gasteiger partial charge >= 0.3 is 0 Å². The van der Waals surface area contributed by atoms with Crippen molar-refractivity contribution >= 4 is 39.7 Å². The molecule has 0 aromatic heterocycles. The van der Waals surface area contributed by atoms with E-state index in [1.54, 1.807) is 13.2 Å². The third kappa shape index (κ3) is 6.09. The van der Waals surface area contributed by atoms with Gasteiger partial charge in [-0.25, -0.2) is 5.43 Å². The van der Waals surface area contributed by atoms with E-state index < -0.39 is 6.10 Å². The monoisotopic (exact) mass is 516 g/mol. The number of hydrogen-bond acceptors (Lipinski definition) is 5. The van der Waals surface area contributed by atoms with Crippen LogP contribution >= 0.6 is 27.5 Å². The van der Waals surface area contributed by atoms with Crippen molar-refractivity contribution in [1.29, 1.82) is 0 Å². The number of ether oxygens (including phenoxy) is 3. The van der Waals surface area contributed by atoms with Crippen molar-refractivity contribution in [3.8, 4) is 11.5 Å². The van der Waals surface area contributed by atoms with Crippen LogP contribution in [0.15, 0.2) is 76.3 Å². The average Bonchev–Trinajstić information content (AvgIpc) is 2.80. The molecule has 0 saturated carbocycles. The molecule has 3 aromatic carbocycles. The van der Waals surface area contributed by atoms with Gasteiger partial charge in [0, 0.05) is 17.7 Å². The van der Waals surface area contributed by atoms with Gasteiger partial charge in [0.05, 0.1) is 17.8 Å². The Labute approximate surface area is 200 Å². The van der Waals surface area contributed by atoms with E-state index in [-0.39, 0.29) is 12.5 Å². The second kappa shape index (κ2) is 11.7. The summed E-state index contributed by atoms with van der Waals surface area (Å²) in [6.07, 6.45) is 0.760. The van der Waals surface area contributed by atoms with Crippen molar-refractivity contribution in [2.75, 3.05) is 14.2 Å². The minimum absolute atomic E-state index is 0.288. The minimum Gasteiger partial charge on any atom is -0.493 e. The van der Waals surface area contributed by atoms with Gasteiger partial charge < -0.3 is 14.2 Å². The van der Waals surface area contributed by atoms with Gasteiger partial charge in [0.1, 0.15) is 6.61 Å². The first-order valence-electron chi connectivity index (χ1n) is 9.68. The van der Waals surface area contributed by atoms with Gasteiger partial charge in [-0.05, 0) is 45.3 Å². The highest BCUT2D eigenvalue weighted by molar-refractivity contribution is 9.10. The number of nitrogens with zero attached hydrogens (tertiary/aromatic N) is 1. The summed E-state index contributed by atoms with van der Waals surface area (Å²) in [6.45, 7) is 0.288. The zero-order valence-electron chi connectivity index (χ0n) is 17.5. The van der Waals surface area contributed by atoms with E-state index in [0.717, 1.165) is 11.1 Å². The van der Waals surface area contributed by atoms with Crippen LogP contribution in [-0.4, -0.2) is 26.3 Å². The molecule has 1 atom stereocenters. The Morgan fingerprint density at radius 2 is 1.84 bits per heavy atom. The van der Waals surface area contributed by atoms with Gasteiger partial charge in [-0.3, -0.25) is 4.79 Å². The molecule has 0 aliphatic carbocycles. The first kappa shape index (κ1) is 23.8. The maximum Gasteiger partial charge on any atom is 0.273 e. The number of amides is 1. The molecule has 6 nitrogen and oxygen atoms in total. The number of methoxy groups -OCH3 is 2. The third-order valence-electron chi connectivity index (χ3n) is 4.55. The minimum atomic E-state index is -0.754. The summed E-state index contributed by atoms with van der Waals surface area (Å²) in [5, 5.41) is 4.68. The maximum absolute atomic E-state index is 12.4. The van der Waals surface area contributed by atoms with Crippen LogP contribution in [0.5, 0.6) is 11.5 Å². The maximum atomic E-state index is 12.4. The van der Waals surface area contributed by atoms with Gasteiger partial charge in [0.2, 0.25) is 0 Å². The Hall–Kier alpha value is -2.87. The molecule has 3 aromatic rings. The summed E-state index contributed by atoms with van der Waals surface area (Å²) in [6, 6.07) is 20.2. The van der Waals surface area contributed by atoms with Gasteiger partial charge in [-0.15, -0.1) is 0 Å². The standard InChI is InChI=1S/C24H22BrClN2O4/c1-30-21-13-16(12-19(25)23(21)32-15-18-10-6-7-11-20(18)26)14-27-28-24(29)22(31-2)17-8-4-3-5-9-17/h3-14,22H,15H2,1-2H3,(H,28,29)/b27-14-/t22-/m0/s1. The van der Waals surface area contributed by atoms with E-state index in [2.05, 4.69) is 26.5 Å². The Balaban J connectivity index is 1.69. The smallest absolute Gasteiger partial charge is 0.273 e. The molecule has 1 N–H and O–H groups in total. The molecular formula is C24H22BrClN2O4. The van der Waals surface area contributed by atoms with Crippen molar-refractivity contribution in [3.63, 3.8) is 0 Å². The number of carbonyl (C=O) groups is 1. The largest absolute Gasteiger partial charge is 0.493 e. The summed E-state index contributed by atoms with van der Waals surface area (Å²) < 4.78 is 17.4. The fourth-order valence-corrected chi connectivity index (χ4v) is 3.74. The predicted molar refractivity (Wildman–Crippen MR) is 128 cm³/mol. The lowest BCUT2D eigenvalue weighted by Crippen LogP contribution is -2.26. The molecule has 0 bridgehead atoms. The summed E-state index contributed by atoms with van der Waals surface area (Å²) in [4.78, 5) is 12.4. The van der Waals surface area contributed by atoms with E-state index in [1.165, 1.54) is 13.3 Å². The normalized spacial score (nSPS) is 11.9. The van der Waals surface area contributed by atoms with Gasteiger partial charge in [0.15, 0.2) is 17.6 Å². The lowest BCUT2D eigenvalue weighted by Gasteiger charge is -2.14. The highest BCUT2D eigenvalue weighted by Crippen LogP contribution is 2.37. The van der Waals surface area contributed by atoms with Crippen LogP contribution in [0.1, 0.15) is 22.8 Å². The van der Waals surface area contributed by atoms with Crippen LogP contribution in [0.25, 0.3) is 0 Å². The van der Waals surface area contributed by atoms with E-state index in [4.69, 9.17) is 25.8 Å². The number of hydrogen-bond donors (Lipinski definition) is 1. The summed E-state index contributed by atoms with van der Waals surface area (Å²) in [7, 11) is 3.03. The second-order valence-corrected chi connectivity index (χ2v) is 7.94. The molecule has 0 spiro atoms. The molecule has 0 fully saturated rings. The Morgan fingerprint density at radius 1 is 1.12 bits per heavy atom. The first-order chi connectivity index (χ1) is 15.5. The number of nitrogens with one attached hydrogen (secondary N) is 1. The van der Waals surface area contributed by atoms with Crippen LogP contribution in [0.2, 0.25) is 5.02 Å². The molecule has 32 heavy (non-hydrogen) atoms. The SMILES string of the molecule is COc1cc(/C=N\NC(=O)[C@@H](OC)c2ccccc2)cc(Br)c1OCc1ccccc1Cl. The number of halogens is 2. The molecule has 166 valence electrons. The summed E-state index contributed by atoms with van der Waals surface area (Å²) >= 11 is 9.71. The number of benzene rings is 3. The predicted octanol–water partition coefficient (Wildman–Crippen LogP) is 5.53. The molecule has 0 aliphatic heterocycles. The van der Waals surface area contributed by atoms with E-state index >= 15 is 0 Å². The van der Waals surface area contributed by atoms with E-state index in [9.17, 15) is 4.79 Å². The fraction of sp³-hybridized carbons (Fsp3) is 0.167. The average molecular weight is 518 g/mol. The van der Waals surface area contributed by atoms with Gasteiger partial charge in [0.25, 0.3) is 5.91 Å². The highest BCUT2D eigenvalue weighted by atomic mass is 79.9. The molecule has 3 rings (SSSR count). The van der Waals surface area contributed by atoms with Crippen LogP contribution in [-0.2, 0) is 16.1 Å². The highest BCUT2D eigenvalue weighted by Gasteiger charge is 2.19. The first-order valence-corrected chi connectivity index (χ1v) is 10.8. The lowest BCUT2D eigenvalue weighted by atomic mass is 10.1. The van der Waals surface area contributed by atoms with Crippen molar-refractivity contribution in [1.82, 2.24) is 5.43 Å². The van der Waals surface area contributed by atoms with Crippen LogP contribution in [0, 0.1) is 0 Å². The molecule has 0 heterocycles. The zero-order chi connectivity index (χ0) is 22.9. The van der Waals surface area contributed by atoms with Crippen LogP contribution in [0.3, 0.4) is 0 Å². The van der Waals surface area contributed by atoms with Crippen LogP contribution < -0.4 is 14.9 Å². The molecule has 1 amide bonds. The van der Waals surface area contributed by atoms with Crippen molar-refractivity contribution in [2.24, 2.45) is 5.10 Å². The third-order valence-corrected chi connectivity index (χ3v) is 5.50. The topological polar surface area (TPSA) is 69.2 Å². The molecule has 0 aliphatic rings. The van der Waals surface area contributed by atoms with E-state index in [0.29, 0.717) is 26.6 Å². The van der Waals surface area contributed by atoms with Crippen molar-refractivity contribution < 1.29 is 19.0 Å². The molecule has 8 heteroatoms. The molecule has 0 saturated heterocycles. The van der Waals surface area contributed by atoms with Crippen molar-refractivity contribution in [3.05, 3.63) is 92.9 Å². The number of rotatable bonds is 9. The number of carbonyl (C=O) groups excluding carboxylic acids is 1. The molecule has 0 unspecified atom stereocenters. The zero-order valence-corrected chi connectivity index (χ0v) is 19.9. The quantitative estimate of drug-likeness (QED) is 0.299. The van der Waals surface area contributed by atoms with Crippen LogP contribution in [0.4, 0.5) is 0 Å². The van der Waals surface area contributed by atoms with Gasteiger partial charge in [-0.1, -0.05) is 60.1 Å². The summed E-state index contributed by atoms with van der Waals surface area (Å²) in [5.41, 5.74) is 4.82. The Morgan fingerprint density at radius 3 is 2.53 bits per heavy atom. The summed E-state index contributed by atoms with van der Waals surface area (Å²) in [5.74, 6) is 0.677.